The highest BCUT2D eigenvalue weighted by molar-refractivity contribution is 5.78. The molecule has 0 spiro atoms. The number of carbonyl (C=O) groups is 1. The molecule has 0 aliphatic carbocycles. The van der Waals surface area contributed by atoms with Crippen molar-refractivity contribution in [1.82, 2.24) is 20.0 Å². The highest BCUT2D eigenvalue weighted by atomic mass is 16.5. The number of aryl methyl sites for hydroxylation is 1. The van der Waals surface area contributed by atoms with Crippen LogP contribution in [0.1, 0.15) is 11.5 Å². The van der Waals surface area contributed by atoms with Gasteiger partial charge in [-0.05, 0) is 24.6 Å². The number of nitrogens with zero attached hydrogens (tertiary/aromatic N) is 5. The lowest BCUT2D eigenvalue weighted by atomic mass is 10.1. The lowest BCUT2D eigenvalue weighted by Gasteiger charge is -2.35. The minimum absolute atomic E-state index is 0.00987. The number of anilines is 1. The molecule has 27 heavy (non-hydrogen) atoms. The summed E-state index contributed by atoms with van der Waals surface area (Å²) in [5.74, 6) is 1.83. The molecule has 0 atom stereocenters. The van der Waals surface area contributed by atoms with Crippen LogP contribution in [0.5, 0.6) is 0 Å². The molecule has 1 aliphatic heterocycles. The highest BCUT2D eigenvalue weighted by Crippen LogP contribution is 2.20. The van der Waals surface area contributed by atoms with Crippen molar-refractivity contribution in [2.75, 3.05) is 31.1 Å². The molecular formula is C20H21N5O2. The van der Waals surface area contributed by atoms with Crippen LogP contribution < -0.4 is 4.90 Å². The Balaban J connectivity index is 1.36. The molecule has 1 saturated heterocycles. The second-order valence-electron chi connectivity index (χ2n) is 6.56. The Morgan fingerprint density at radius 3 is 2.59 bits per heavy atom. The van der Waals surface area contributed by atoms with Crippen LogP contribution >= 0.6 is 0 Å². The monoisotopic (exact) mass is 363 g/mol. The van der Waals surface area contributed by atoms with Gasteiger partial charge in [-0.15, -0.1) is 0 Å². The second-order valence-corrected chi connectivity index (χ2v) is 6.56. The van der Waals surface area contributed by atoms with Crippen LogP contribution in [0, 0.1) is 6.92 Å². The Hall–Kier alpha value is -3.22. The lowest BCUT2D eigenvalue weighted by molar-refractivity contribution is -0.131. The Labute approximate surface area is 157 Å². The minimum atomic E-state index is 0.00987. The molecule has 138 valence electrons. The third-order valence-corrected chi connectivity index (χ3v) is 4.76. The zero-order chi connectivity index (χ0) is 18.6. The minimum Gasteiger partial charge on any atom is -0.353 e. The van der Waals surface area contributed by atoms with Gasteiger partial charge in [0.15, 0.2) is 0 Å². The van der Waals surface area contributed by atoms with Crippen LogP contribution in [0.15, 0.2) is 53.2 Å². The Morgan fingerprint density at radius 2 is 1.85 bits per heavy atom. The van der Waals surface area contributed by atoms with Crippen molar-refractivity contribution < 1.29 is 9.32 Å². The summed E-state index contributed by atoms with van der Waals surface area (Å²) in [7, 11) is 0. The van der Waals surface area contributed by atoms with Gasteiger partial charge in [0.25, 0.3) is 0 Å². The summed E-state index contributed by atoms with van der Waals surface area (Å²) in [6.07, 6.45) is 1.91. The Kier molecular flexibility index (Phi) is 4.82. The van der Waals surface area contributed by atoms with Crippen LogP contribution in [0.4, 0.5) is 5.82 Å². The van der Waals surface area contributed by atoms with E-state index in [0.29, 0.717) is 24.8 Å². The summed E-state index contributed by atoms with van der Waals surface area (Å²) in [6.45, 7) is 4.85. The van der Waals surface area contributed by atoms with Gasteiger partial charge in [-0.1, -0.05) is 35.5 Å². The van der Waals surface area contributed by atoms with Crippen LogP contribution in [0.3, 0.4) is 0 Å². The van der Waals surface area contributed by atoms with Crippen molar-refractivity contribution in [3.8, 4) is 11.4 Å². The molecule has 0 saturated carbocycles. The number of rotatable bonds is 4. The van der Waals surface area contributed by atoms with Crippen molar-refractivity contribution in [1.29, 1.82) is 0 Å². The van der Waals surface area contributed by atoms with E-state index < -0.39 is 0 Å². The highest BCUT2D eigenvalue weighted by Gasteiger charge is 2.23. The molecule has 7 nitrogen and oxygen atoms in total. The van der Waals surface area contributed by atoms with E-state index in [1.165, 1.54) is 0 Å². The predicted molar refractivity (Wildman–Crippen MR) is 101 cm³/mol. The van der Waals surface area contributed by atoms with Gasteiger partial charge in [0.2, 0.25) is 17.6 Å². The maximum atomic E-state index is 12.6. The van der Waals surface area contributed by atoms with E-state index in [-0.39, 0.29) is 12.3 Å². The molecule has 4 rings (SSSR count). The Bertz CT molecular complexity index is 917. The summed E-state index contributed by atoms with van der Waals surface area (Å²) < 4.78 is 5.30. The molecule has 3 aromatic rings. The molecular weight excluding hydrogens is 342 g/mol. The van der Waals surface area contributed by atoms with Gasteiger partial charge in [0.1, 0.15) is 12.2 Å². The molecule has 0 radical (unpaired) electrons. The summed E-state index contributed by atoms with van der Waals surface area (Å²) >= 11 is 0. The van der Waals surface area contributed by atoms with E-state index in [2.05, 4.69) is 20.0 Å². The van der Waals surface area contributed by atoms with E-state index in [9.17, 15) is 4.79 Å². The van der Waals surface area contributed by atoms with Gasteiger partial charge in [-0.2, -0.15) is 4.98 Å². The average molecular weight is 363 g/mol. The number of carbonyl (C=O) groups excluding carboxylic acids is 1. The molecule has 0 N–H and O–H groups in total. The normalized spacial score (nSPS) is 14.4. The van der Waals surface area contributed by atoms with Crippen LogP contribution in [0.25, 0.3) is 11.4 Å². The van der Waals surface area contributed by atoms with E-state index in [4.69, 9.17) is 4.52 Å². The first-order chi connectivity index (χ1) is 13.2. The number of amides is 1. The number of benzene rings is 1. The van der Waals surface area contributed by atoms with Gasteiger partial charge < -0.3 is 14.3 Å². The van der Waals surface area contributed by atoms with Crippen LogP contribution in [-0.2, 0) is 11.2 Å². The molecule has 7 heteroatoms. The van der Waals surface area contributed by atoms with Crippen molar-refractivity contribution in [2.45, 2.75) is 13.3 Å². The maximum absolute atomic E-state index is 12.6. The first-order valence-corrected chi connectivity index (χ1v) is 9.03. The number of hydrogen-bond acceptors (Lipinski definition) is 6. The van der Waals surface area contributed by atoms with Crippen molar-refractivity contribution in [3.05, 3.63) is 60.1 Å². The second kappa shape index (κ2) is 7.57. The van der Waals surface area contributed by atoms with E-state index >= 15 is 0 Å². The smallest absolute Gasteiger partial charge is 0.236 e. The van der Waals surface area contributed by atoms with Crippen molar-refractivity contribution in [2.24, 2.45) is 0 Å². The molecule has 2 aromatic heterocycles. The molecule has 0 bridgehead atoms. The zero-order valence-electron chi connectivity index (χ0n) is 15.2. The number of hydrogen-bond donors (Lipinski definition) is 0. The fourth-order valence-corrected chi connectivity index (χ4v) is 3.23. The molecule has 1 amide bonds. The largest absolute Gasteiger partial charge is 0.353 e. The number of aromatic nitrogens is 3. The quantitative estimate of drug-likeness (QED) is 0.708. The topological polar surface area (TPSA) is 75.4 Å². The molecule has 1 aliphatic rings. The number of piperazine rings is 1. The maximum Gasteiger partial charge on any atom is 0.236 e. The van der Waals surface area contributed by atoms with Crippen LogP contribution in [0.2, 0.25) is 0 Å². The van der Waals surface area contributed by atoms with Crippen molar-refractivity contribution in [3.63, 3.8) is 0 Å². The first kappa shape index (κ1) is 17.2. The summed E-state index contributed by atoms with van der Waals surface area (Å²) in [5, 5.41) is 4.02. The fraction of sp³-hybridized carbons (Fsp3) is 0.300. The average Bonchev–Trinajstić information content (AvgIpc) is 3.17. The van der Waals surface area contributed by atoms with E-state index in [1.54, 1.807) is 6.20 Å². The first-order valence-electron chi connectivity index (χ1n) is 9.03. The molecule has 1 fully saturated rings. The van der Waals surface area contributed by atoms with E-state index in [1.807, 2.05) is 54.3 Å². The van der Waals surface area contributed by atoms with Crippen LogP contribution in [-0.4, -0.2) is 52.1 Å². The zero-order valence-corrected chi connectivity index (χ0v) is 15.2. The third-order valence-electron chi connectivity index (χ3n) is 4.76. The summed E-state index contributed by atoms with van der Waals surface area (Å²) in [6, 6.07) is 13.7. The van der Waals surface area contributed by atoms with Gasteiger partial charge in [-0.3, -0.25) is 4.79 Å². The van der Waals surface area contributed by atoms with Gasteiger partial charge in [-0.25, -0.2) is 4.98 Å². The fourth-order valence-electron chi connectivity index (χ4n) is 3.23. The lowest BCUT2D eigenvalue weighted by Crippen LogP contribution is -2.49. The van der Waals surface area contributed by atoms with Gasteiger partial charge >= 0.3 is 0 Å². The molecule has 0 unspecified atom stereocenters. The third kappa shape index (κ3) is 3.81. The summed E-state index contributed by atoms with van der Waals surface area (Å²) in [5.41, 5.74) is 1.99. The van der Waals surface area contributed by atoms with E-state index in [0.717, 1.165) is 30.0 Å². The molecule has 1 aromatic carbocycles. The summed E-state index contributed by atoms with van der Waals surface area (Å²) in [4.78, 5) is 25.4. The SMILES string of the molecule is Cc1ccccc1-c1noc(CC(=O)N2CCN(c3ccccn3)CC2)n1. The standard InChI is InChI=1S/C20H21N5O2/c1-15-6-2-3-7-16(15)20-22-18(27-23-20)14-19(26)25-12-10-24(11-13-25)17-8-4-5-9-21-17/h2-9H,10-14H2,1H3. The van der Waals surface area contributed by atoms with Gasteiger partial charge in [0.05, 0.1) is 0 Å². The van der Waals surface area contributed by atoms with Crippen molar-refractivity contribution >= 4 is 11.7 Å². The van der Waals surface area contributed by atoms with Gasteiger partial charge in [0, 0.05) is 37.9 Å². The number of pyridine rings is 1. The molecule has 3 heterocycles. The Morgan fingerprint density at radius 1 is 1.07 bits per heavy atom. The predicted octanol–water partition coefficient (Wildman–Crippen LogP) is 2.33.